The fraction of sp³-hybridized carbons (Fsp3) is 0.346. The third kappa shape index (κ3) is 5.80. The van der Waals surface area contributed by atoms with E-state index in [-0.39, 0.29) is 18.0 Å². The lowest BCUT2D eigenvalue weighted by Gasteiger charge is -2.28. The van der Waals surface area contributed by atoms with Gasteiger partial charge in [-0.2, -0.15) is 5.10 Å². The zero-order valence-corrected chi connectivity index (χ0v) is 19.0. The molecule has 2 heterocycles. The molecular weight excluding hydrogens is 416 g/mol. The first-order chi connectivity index (χ1) is 16.1. The van der Waals surface area contributed by atoms with Gasteiger partial charge in [-0.25, -0.2) is 4.68 Å². The summed E-state index contributed by atoms with van der Waals surface area (Å²) in [7, 11) is 1.63. The van der Waals surface area contributed by atoms with Gasteiger partial charge in [0.25, 0.3) is 5.56 Å². The van der Waals surface area contributed by atoms with Gasteiger partial charge in [0.1, 0.15) is 12.3 Å². The molecule has 0 radical (unpaired) electrons. The van der Waals surface area contributed by atoms with Crippen LogP contribution in [0.3, 0.4) is 0 Å². The van der Waals surface area contributed by atoms with Crippen LogP contribution < -0.4 is 20.5 Å². The van der Waals surface area contributed by atoms with Crippen LogP contribution in [0.25, 0.3) is 11.3 Å². The molecule has 0 aliphatic carbocycles. The van der Waals surface area contributed by atoms with Gasteiger partial charge in [-0.15, -0.1) is 0 Å². The Morgan fingerprint density at radius 3 is 2.52 bits per heavy atom. The highest BCUT2D eigenvalue weighted by molar-refractivity contribution is 5.75. The first-order valence-electron chi connectivity index (χ1n) is 11.5. The summed E-state index contributed by atoms with van der Waals surface area (Å²) in [6, 6.07) is 19.1. The van der Waals surface area contributed by atoms with Gasteiger partial charge in [-0.3, -0.25) is 9.59 Å². The second-order valence-corrected chi connectivity index (χ2v) is 8.22. The van der Waals surface area contributed by atoms with Crippen molar-refractivity contribution in [2.24, 2.45) is 0 Å². The number of rotatable bonds is 8. The molecule has 33 heavy (non-hydrogen) atoms. The van der Waals surface area contributed by atoms with Crippen LogP contribution in [0.5, 0.6) is 5.75 Å². The third-order valence-corrected chi connectivity index (χ3v) is 5.95. The van der Waals surface area contributed by atoms with Crippen LogP contribution in [0.1, 0.15) is 24.8 Å². The molecule has 1 fully saturated rings. The van der Waals surface area contributed by atoms with E-state index >= 15 is 0 Å². The van der Waals surface area contributed by atoms with Crippen molar-refractivity contribution in [3.63, 3.8) is 0 Å². The first kappa shape index (κ1) is 22.6. The van der Waals surface area contributed by atoms with Gasteiger partial charge >= 0.3 is 0 Å². The van der Waals surface area contributed by atoms with E-state index in [1.54, 1.807) is 13.2 Å². The number of amides is 1. The highest BCUT2D eigenvalue weighted by Crippen LogP contribution is 2.23. The Morgan fingerprint density at radius 1 is 1.00 bits per heavy atom. The van der Waals surface area contributed by atoms with Gasteiger partial charge in [-0.1, -0.05) is 30.3 Å². The van der Waals surface area contributed by atoms with Gasteiger partial charge in [0.2, 0.25) is 5.91 Å². The Labute approximate surface area is 194 Å². The maximum atomic E-state index is 12.4. The molecule has 1 amide bonds. The lowest BCUT2D eigenvalue weighted by Crippen LogP contribution is -2.34. The average molecular weight is 447 g/mol. The first-order valence-corrected chi connectivity index (χ1v) is 11.5. The SMILES string of the molecule is COc1ccccc1CCNC(=O)Cn1nc(-c2ccc(N3CCCCC3)cc2)ccc1=O. The van der Waals surface area contributed by atoms with Crippen LogP contribution in [0, 0.1) is 0 Å². The quantitative estimate of drug-likeness (QED) is 0.575. The molecule has 0 unspecified atom stereocenters. The van der Waals surface area contributed by atoms with E-state index in [4.69, 9.17) is 4.74 Å². The van der Waals surface area contributed by atoms with Crippen LogP contribution in [0.15, 0.2) is 65.5 Å². The van der Waals surface area contributed by atoms with Gasteiger partial charge in [0.15, 0.2) is 0 Å². The monoisotopic (exact) mass is 446 g/mol. The highest BCUT2D eigenvalue weighted by Gasteiger charge is 2.12. The summed E-state index contributed by atoms with van der Waals surface area (Å²) < 4.78 is 6.55. The molecule has 7 nitrogen and oxygen atoms in total. The van der Waals surface area contributed by atoms with Crippen LogP contribution in [-0.4, -0.2) is 42.4 Å². The lowest BCUT2D eigenvalue weighted by atomic mass is 10.1. The van der Waals surface area contributed by atoms with Crippen molar-refractivity contribution in [1.29, 1.82) is 0 Å². The standard InChI is InChI=1S/C26H30N4O3/c1-33-24-8-4-3-7-21(24)15-16-27-25(31)19-30-26(32)14-13-23(28-30)20-9-11-22(12-10-20)29-17-5-2-6-18-29/h3-4,7-14H,2,5-6,15-19H2,1H3,(H,27,31). The van der Waals surface area contributed by atoms with E-state index in [2.05, 4.69) is 27.4 Å². The molecule has 3 aromatic rings. The topological polar surface area (TPSA) is 76.5 Å². The number of anilines is 1. The molecule has 1 aliphatic heterocycles. The number of nitrogens with zero attached hydrogens (tertiary/aromatic N) is 3. The minimum Gasteiger partial charge on any atom is -0.496 e. The van der Waals surface area contributed by atoms with Crippen molar-refractivity contribution in [1.82, 2.24) is 15.1 Å². The lowest BCUT2D eigenvalue weighted by molar-refractivity contribution is -0.121. The number of carbonyl (C=O) groups excluding carboxylic acids is 1. The molecule has 0 spiro atoms. The fourth-order valence-electron chi connectivity index (χ4n) is 4.15. The molecule has 1 saturated heterocycles. The zero-order valence-electron chi connectivity index (χ0n) is 19.0. The maximum Gasteiger partial charge on any atom is 0.267 e. The summed E-state index contributed by atoms with van der Waals surface area (Å²) in [6.45, 7) is 2.51. The summed E-state index contributed by atoms with van der Waals surface area (Å²) in [5.74, 6) is 0.542. The van der Waals surface area contributed by atoms with Crippen LogP contribution in [0.4, 0.5) is 5.69 Å². The number of benzene rings is 2. The van der Waals surface area contributed by atoms with Crippen molar-refractivity contribution in [3.05, 3.63) is 76.6 Å². The number of carbonyl (C=O) groups is 1. The number of aromatic nitrogens is 2. The predicted octanol–water partition coefficient (Wildman–Crippen LogP) is 3.27. The number of ether oxygens (including phenoxy) is 1. The molecule has 1 N–H and O–H groups in total. The van der Waals surface area contributed by atoms with Gasteiger partial charge in [0.05, 0.1) is 12.8 Å². The van der Waals surface area contributed by atoms with Crippen molar-refractivity contribution in [2.45, 2.75) is 32.2 Å². The fourth-order valence-corrected chi connectivity index (χ4v) is 4.15. The minimum absolute atomic E-state index is 0.121. The summed E-state index contributed by atoms with van der Waals surface area (Å²) >= 11 is 0. The van der Waals surface area contributed by atoms with Gasteiger partial charge < -0.3 is 15.0 Å². The van der Waals surface area contributed by atoms with Crippen molar-refractivity contribution in [3.8, 4) is 17.0 Å². The van der Waals surface area contributed by atoms with Crippen molar-refractivity contribution < 1.29 is 9.53 Å². The Bertz CT molecular complexity index is 1130. The number of methoxy groups -OCH3 is 1. The normalized spacial score (nSPS) is 13.5. The predicted molar refractivity (Wildman–Crippen MR) is 130 cm³/mol. The van der Waals surface area contributed by atoms with Crippen LogP contribution >= 0.6 is 0 Å². The molecule has 1 aliphatic rings. The number of para-hydroxylation sites is 1. The number of hydrogen-bond acceptors (Lipinski definition) is 5. The van der Waals surface area contributed by atoms with E-state index in [9.17, 15) is 9.59 Å². The number of nitrogens with one attached hydrogen (secondary N) is 1. The van der Waals surface area contributed by atoms with Crippen LogP contribution in [-0.2, 0) is 17.8 Å². The van der Waals surface area contributed by atoms with Gasteiger partial charge in [0, 0.05) is 37.0 Å². The molecular formula is C26H30N4O3. The Hall–Kier alpha value is -3.61. The summed E-state index contributed by atoms with van der Waals surface area (Å²) in [5, 5.41) is 7.29. The van der Waals surface area contributed by atoms with E-state index < -0.39 is 0 Å². The third-order valence-electron chi connectivity index (χ3n) is 5.95. The number of hydrogen-bond donors (Lipinski definition) is 1. The maximum absolute atomic E-state index is 12.4. The second kappa shape index (κ2) is 10.8. The highest BCUT2D eigenvalue weighted by atomic mass is 16.5. The smallest absolute Gasteiger partial charge is 0.267 e. The Morgan fingerprint density at radius 2 is 1.76 bits per heavy atom. The molecule has 7 heteroatoms. The molecule has 4 rings (SSSR count). The van der Waals surface area contributed by atoms with Crippen LogP contribution in [0.2, 0.25) is 0 Å². The molecule has 0 bridgehead atoms. The van der Waals surface area contributed by atoms with Gasteiger partial charge in [-0.05, 0) is 55.5 Å². The van der Waals surface area contributed by atoms with E-state index in [1.165, 1.54) is 35.7 Å². The number of piperidine rings is 1. The summed E-state index contributed by atoms with van der Waals surface area (Å²) in [5.41, 5.74) is 3.51. The average Bonchev–Trinajstić information content (AvgIpc) is 2.86. The van der Waals surface area contributed by atoms with E-state index in [0.29, 0.717) is 18.7 Å². The van der Waals surface area contributed by atoms with E-state index in [0.717, 1.165) is 30.0 Å². The van der Waals surface area contributed by atoms with E-state index in [1.807, 2.05) is 36.4 Å². The second-order valence-electron chi connectivity index (χ2n) is 8.22. The summed E-state index contributed by atoms with van der Waals surface area (Å²) in [4.78, 5) is 27.1. The zero-order chi connectivity index (χ0) is 23.0. The molecule has 2 aromatic carbocycles. The molecule has 172 valence electrons. The Balaban J connectivity index is 1.37. The molecule has 0 atom stereocenters. The summed E-state index contributed by atoms with van der Waals surface area (Å²) in [6.07, 6.45) is 4.40. The van der Waals surface area contributed by atoms with Crippen molar-refractivity contribution >= 4 is 11.6 Å². The van der Waals surface area contributed by atoms with Crippen molar-refractivity contribution in [2.75, 3.05) is 31.6 Å². The largest absolute Gasteiger partial charge is 0.496 e. The minimum atomic E-state index is -0.302. The Kier molecular flexibility index (Phi) is 7.40. The molecule has 1 aromatic heterocycles. The molecule has 0 saturated carbocycles.